The van der Waals surface area contributed by atoms with Gasteiger partial charge in [0.2, 0.25) is 5.91 Å². The van der Waals surface area contributed by atoms with E-state index < -0.39 is 11.2 Å². The minimum Gasteiger partial charge on any atom is -0.325 e. The number of amides is 1. The minimum atomic E-state index is -0.517. The minimum absolute atomic E-state index is 0.143. The van der Waals surface area contributed by atoms with Crippen molar-refractivity contribution in [1.82, 2.24) is 19.1 Å². The Morgan fingerprint density at radius 2 is 2.00 bits per heavy atom. The summed E-state index contributed by atoms with van der Waals surface area (Å²) in [5, 5.41) is 3.32. The molecule has 0 aliphatic carbocycles. The number of anilines is 1. The summed E-state index contributed by atoms with van der Waals surface area (Å²) >= 11 is 1.22. The molecule has 2 heterocycles. The predicted octanol–water partition coefficient (Wildman–Crippen LogP) is 1.17. The van der Waals surface area contributed by atoms with Gasteiger partial charge in [-0.2, -0.15) is 0 Å². The van der Waals surface area contributed by atoms with Gasteiger partial charge in [-0.25, -0.2) is 9.78 Å². The number of aromatic nitrogens is 4. The van der Waals surface area contributed by atoms with E-state index in [1.807, 2.05) is 25.1 Å². The molecular weight excluding hydrogens is 342 g/mol. The van der Waals surface area contributed by atoms with E-state index in [0.717, 1.165) is 5.69 Å². The number of para-hydroxylation sites is 1. The van der Waals surface area contributed by atoms with Gasteiger partial charge >= 0.3 is 5.69 Å². The molecule has 0 saturated heterocycles. The third-order valence-electron chi connectivity index (χ3n) is 3.68. The molecule has 3 rings (SSSR count). The predicted molar refractivity (Wildman–Crippen MR) is 97.1 cm³/mol. The van der Waals surface area contributed by atoms with E-state index >= 15 is 0 Å². The first-order chi connectivity index (χ1) is 12.0. The van der Waals surface area contributed by atoms with Crippen LogP contribution in [0.4, 0.5) is 5.69 Å². The molecule has 0 saturated carbocycles. The third kappa shape index (κ3) is 3.36. The first-order valence-electron chi connectivity index (χ1n) is 7.68. The van der Waals surface area contributed by atoms with Crippen molar-refractivity contribution < 1.29 is 4.79 Å². The van der Waals surface area contributed by atoms with Crippen LogP contribution in [-0.4, -0.2) is 30.8 Å². The zero-order chi connectivity index (χ0) is 18.0. The van der Waals surface area contributed by atoms with Crippen LogP contribution in [0.2, 0.25) is 0 Å². The molecule has 25 heavy (non-hydrogen) atoms. The topological polar surface area (TPSA) is 102 Å². The number of fused-ring (bicyclic) bond motifs is 1. The van der Waals surface area contributed by atoms with Crippen LogP contribution in [0.15, 0.2) is 45.1 Å². The van der Waals surface area contributed by atoms with Gasteiger partial charge in [-0.15, -0.1) is 0 Å². The van der Waals surface area contributed by atoms with Gasteiger partial charge in [-0.05, 0) is 19.1 Å². The molecule has 1 amide bonds. The van der Waals surface area contributed by atoms with Crippen molar-refractivity contribution >= 4 is 34.5 Å². The molecule has 3 aromatic rings. The van der Waals surface area contributed by atoms with Crippen LogP contribution >= 0.6 is 11.8 Å². The first kappa shape index (κ1) is 17.0. The molecule has 9 heteroatoms. The van der Waals surface area contributed by atoms with E-state index in [-0.39, 0.29) is 11.7 Å². The maximum Gasteiger partial charge on any atom is 0.329 e. The maximum absolute atomic E-state index is 12.1. The smallest absolute Gasteiger partial charge is 0.325 e. The summed E-state index contributed by atoms with van der Waals surface area (Å²) in [5.74, 6) is -0.0296. The van der Waals surface area contributed by atoms with Crippen molar-refractivity contribution in [3.63, 3.8) is 0 Å². The zero-order valence-electron chi connectivity index (χ0n) is 13.8. The summed E-state index contributed by atoms with van der Waals surface area (Å²) in [5.41, 5.74) is 0.359. The van der Waals surface area contributed by atoms with Crippen molar-refractivity contribution in [3.8, 4) is 0 Å². The van der Waals surface area contributed by atoms with Crippen LogP contribution < -0.4 is 16.6 Å². The summed E-state index contributed by atoms with van der Waals surface area (Å²) in [6.07, 6.45) is 0. The number of hydrogen-bond donors (Lipinski definition) is 2. The highest BCUT2D eigenvalue weighted by molar-refractivity contribution is 7.99. The van der Waals surface area contributed by atoms with Gasteiger partial charge in [0.05, 0.1) is 5.75 Å². The molecule has 0 radical (unpaired) electrons. The van der Waals surface area contributed by atoms with Crippen LogP contribution in [0.5, 0.6) is 0 Å². The number of benzene rings is 1. The van der Waals surface area contributed by atoms with Crippen LogP contribution in [0.1, 0.15) is 6.92 Å². The number of H-pyrrole nitrogens is 1. The largest absolute Gasteiger partial charge is 0.329 e. The summed E-state index contributed by atoms with van der Waals surface area (Å²) in [7, 11) is 1.55. The average molecular weight is 359 g/mol. The maximum atomic E-state index is 12.1. The molecule has 0 atom stereocenters. The average Bonchev–Trinajstić information content (AvgIpc) is 2.98. The Hall–Kier alpha value is -2.81. The zero-order valence-corrected chi connectivity index (χ0v) is 14.6. The fourth-order valence-electron chi connectivity index (χ4n) is 2.47. The molecule has 0 aliphatic heterocycles. The van der Waals surface area contributed by atoms with Gasteiger partial charge in [0.25, 0.3) is 5.56 Å². The molecule has 1 aromatic carbocycles. The van der Waals surface area contributed by atoms with Crippen LogP contribution in [0.3, 0.4) is 0 Å². The Kier molecular flexibility index (Phi) is 4.75. The van der Waals surface area contributed by atoms with Crippen molar-refractivity contribution in [1.29, 1.82) is 0 Å². The Bertz CT molecular complexity index is 1040. The highest BCUT2D eigenvalue weighted by atomic mass is 32.2. The van der Waals surface area contributed by atoms with Gasteiger partial charge in [0.1, 0.15) is 0 Å². The lowest BCUT2D eigenvalue weighted by atomic mass is 10.3. The van der Waals surface area contributed by atoms with Gasteiger partial charge in [-0.1, -0.05) is 30.0 Å². The highest BCUT2D eigenvalue weighted by Crippen LogP contribution is 2.21. The first-order valence-corrected chi connectivity index (χ1v) is 8.67. The van der Waals surface area contributed by atoms with Crippen molar-refractivity contribution in [2.24, 2.45) is 7.05 Å². The summed E-state index contributed by atoms with van der Waals surface area (Å²) in [6, 6.07) is 9.16. The van der Waals surface area contributed by atoms with E-state index in [1.54, 1.807) is 23.7 Å². The molecule has 2 N–H and O–H groups in total. The second-order valence-corrected chi connectivity index (χ2v) is 6.27. The van der Waals surface area contributed by atoms with Gasteiger partial charge in [0.15, 0.2) is 16.3 Å². The molecule has 0 aliphatic rings. The lowest BCUT2D eigenvalue weighted by Crippen LogP contribution is -2.29. The fourth-order valence-corrected chi connectivity index (χ4v) is 3.33. The number of carbonyl (C=O) groups excluding carboxylic acids is 1. The number of aryl methyl sites for hydroxylation is 2. The lowest BCUT2D eigenvalue weighted by Gasteiger charge is -2.06. The number of nitrogens with zero attached hydrogens (tertiary/aromatic N) is 3. The second kappa shape index (κ2) is 6.98. The molecule has 8 nitrogen and oxygen atoms in total. The molecular formula is C16H17N5O3S. The molecule has 0 spiro atoms. The van der Waals surface area contributed by atoms with Gasteiger partial charge in [-0.3, -0.25) is 19.1 Å². The number of hydrogen-bond acceptors (Lipinski definition) is 5. The quantitative estimate of drug-likeness (QED) is 0.666. The van der Waals surface area contributed by atoms with Crippen molar-refractivity contribution in [3.05, 3.63) is 51.2 Å². The number of thioether (sulfide) groups is 1. The number of rotatable bonds is 5. The molecule has 2 aromatic heterocycles. The monoisotopic (exact) mass is 359 g/mol. The third-order valence-corrected chi connectivity index (χ3v) is 4.65. The lowest BCUT2D eigenvalue weighted by molar-refractivity contribution is -0.113. The van der Waals surface area contributed by atoms with Crippen LogP contribution in [-0.2, 0) is 18.4 Å². The number of aromatic amines is 1. The second-order valence-electron chi connectivity index (χ2n) is 5.33. The summed E-state index contributed by atoms with van der Waals surface area (Å²) in [6.45, 7) is 2.38. The highest BCUT2D eigenvalue weighted by Gasteiger charge is 2.17. The van der Waals surface area contributed by atoms with Crippen LogP contribution in [0, 0.1) is 0 Å². The standard InChI is InChI=1S/C16H17N5O3S/c1-3-21-12-13(20(2)15(24)19-14(12)23)18-16(21)25-9-11(22)17-10-7-5-4-6-8-10/h4-8H,3,9H2,1-2H3,(H,17,22)(H,19,23,24). The van der Waals surface area contributed by atoms with Crippen LogP contribution in [0.25, 0.3) is 11.2 Å². The van der Waals surface area contributed by atoms with Crippen molar-refractivity contribution in [2.75, 3.05) is 11.1 Å². The molecule has 0 unspecified atom stereocenters. The molecule has 0 fully saturated rings. The number of nitrogens with one attached hydrogen (secondary N) is 2. The van der Waals surface area contributed by atoms with E-state index in [2.05, 4.69) is 15.3 Å². The summed E-state index contributed by atoms with van der Waals surface area (Å²) in [4.78, 5) is 42.6. The Morgan fingerprint density at radius 1 is 1.28 bits per heavy atom. The van der Waals surface area contributed by atoms with E-state index in [4.69, 9.17) is 0 Å². The number of carbonyl (C=O) groups is 1. The van der Waals surface area contributed by atoms with E-state index in [9.17, 15) is 14.4 Å². The Morgan fingerprint density at radius 3 is 2.68 bits per heavy atom. The normalized spacial score (nSPS) is 11.0. The van der Waals surface area contributed by atoms with Crippen molar-refractivity contribution in [2.45, 2.75) is 18.6 Å². The molecule has 130 valence electrons. The Labute approximate surface area is 146 Å². The summed E-state index contributed by atoms with van der Waals surface area (Å²) < 4.78 is 2.99. The SMILES string of the molecule is CCn1c(SCC(=O)Nc2ccccc2)nc2c1c(=O)[nH]c(=O)n2C. The van der Waals surface area contributed by atoms with Gasteiger partial charge in [0, 0.05) is 19.3 Å². The Balaban J connectivity index is 1.85. The fraction of sp³-hybridized carbons (Fsp3) is 0.250. The van der Waals surface area contributed by atoms with Gasteiger partial charge < -0.3 is 9.88 Å². The van der Waals surface area contributed by atoms with E-state index in [0.29, 0.717) is 22.9 Å². The van der Waals surface area contributed by atoms with E-state index in [1.165, 1.54) is 16.3 Å². The number of imidazole rings is 1. The molecule has 0 bridgehead atoms.